The molecule has 26 heavy (non-hydrogen) atoms. The van der Waals surface area contributed by atoms with Gasteiger partial charge in [-0.15, -0.1) is 0 Å². The van der Waals surface area contributed by atoms with E-state index >= 15 is 0 Å². The number of piperidine rings is 1. The van der Waals surface area contributed by atoms with Gasteiger partial charge in [0.2, 0.25) is 11.8 Å². The van der Waals surface area contributed by atoms with E-state index in [0.717, 1.165) is 36.0 Å². The molecule has 2 heterocycles. The molecule has 4 rings (SSSR count). The first-order valence-corrected chi connectivity index (χ1v) is 9.43. The summed E-state index contributed by atoms with van der Waals surface area (Å²) in [6, 6.07) is 13.6. The van der Waals surface area contributed by atoms with Crippen LogP contribution in [0.15, 0.2) is 46.9 Å². The molecule has 1 aliphatic heterocycles. The predicted octanol–water partition coefficient (Wildman–Crippen LogP) is 5.09. The van der Waals surface area contributed by atoms with Crippen molar-refractivity contribution in [3.63, 3.8) is 0 Å². The zero-order chi connectivity index (χ0) is 18.1. The summed E-state index contributed by atoms with van der Waals surface area (Å²) in [5.41, 5.74) is 3.35. The van der Waals surface area contributed by atoms with Crippen molar-refractivity contribution in [2.24, 2.45) is 0 Å². The second kappa shape index (κ2) is 7.12. The summed E-state index contributed by atoms with van der Waals surface area (Å²) in [5.74, 6) is 0.770. The van der Waals surface area contributed by atoms with Crippen LogP contribution in [-0.4, -0.2) is 28.4 Å². The maximum Gasteiger partial charge on any atom is 0.227 e. The molecule has 1 atom stereocenters. The van der Waals surface area contributed by atoms with Crippen LogP contribution in [0, 0.1) is 0 Å². The highest BCUT2D eigenvalue weighted by molar-refractivity contribution is 6.31. The van der Waals surface area contributed by atoms with Crippen LogP contribution in [0.5, 0.6) is 0 Å². The highest BCUT2D eigenvalue weighted by atomic mass is 35.5. The normalized spacial score (nSPS) is 17.6. The number of likely N-dealkylation sites (tertiary alicyclic amines) is 1. The Bertz CT molecular complexity index is 933. The van der Waals surface area contributed by atoms with Crippen LogP contribution < -0.4 is 0 Å². The highest BCUT2D eigenvalue weighted by Crippen LogP contribution is 2.26. The van der Waals surface area contributed by atoms with Gasteiger partial charge in [-0.3, -0.25) is 4.79 Å². The molecule has 0 saturated carbocycles. The van der Waals surface area contributed by atoms with Gasteiger partial charge in [0.15, 0.2) is 5.58 Å². The number of aromatic nitrogens is 1. The third-order valence-electron chi connectivity index (χ3n) is 5.03. The van der Waals surface area contributed by atoms with E-state index in [4.69, 9.17) is 16.0 Å². The molecule has 0 bridgehead atoms. The van der Waals surface area contributed by atoms with Crippen molar-refractivity contribution in [1.29, 1.82) is 0 Å². The monoisotopic (exact) mass is 368 g/mol. The van der Waals surface area contributed by atoms with Gasteiger partial charge in [0.25, 0.3) is 0 Å². The fourth-order valence-corrected chi connectivity index (χ4v) is 3.70. The number of hydrogen-bond acceptors (Lipinski definition) is 3. The van der Waals surface area contributed by atoms with E-state index in [2.05, 4.69) is 11.9 Å². The lowest BCUT2D eigenvalue weighted by Crippen LogP contribution is -2.42. The highest BCUT2D eigenvalue weighted by Gasteiger charge is 2.23. The first-order chi connectivity index (χ1) is 12.6. The maximum atomic E-state index is 12.6. The zero-order valence-electron chi connectivity index (χ0n) is 14.7. The van der Waals surface area contributed by atoms with Gasteiger partial charge < -0.3 is 9.32 Å². The van der Waals surface area contributed by atoms with E-state index < -0.39 is 0 Å². The van der Waals surface area contributed by atoms with E-state index in [0.29, 0.717) is 29.0 Å². The fourth-order valence-electron chi connectivity index (χ4n) is 3.53. The van der Waals surface area contributed by atoms with Gasteiger partial charge in [-0.05, 0) is 62.1 Å². The summed E-state index contributed by atoms with van der Waals surface area (Å²) < 4.78 is 5.79. The Morgan fingerprint density at radius 1 is 1.23 bits per heavy atom. The van der Waals surface area contributed by atoms with Gasteiger partial charge in [-0.25, -0.2) is 4.98 Å². The average Bonchev–Trinajstić information content (AvgIpc) is 3.05. The number of halogens is 1. The van der Waals surface area contributed by atoms with Crippen molar-refractivity contribution < 1.29 is 9.21 Å². The van der Waals surface area contributed by atoms with Gasteiger partial charge >= 0.3 is 0 Å². The molecular weight excluding hydrogens is 348 g/mol. The van der Waals surface area contributed by atoms with Crippen LogP contribution >= 0.6 is 11.6 Å². The van der Waals surface area contributed by atoms with E-state index in [1.807, 2.05) is 35.2 Å². The van der Waals surface area contributed by atoms with E-state index in [1.54, 1.807) is 12.1 Å². The lowest BCUT2D eigenvalue weighted by molar-refractivity contribution is -0.133. The van der Waals surface area contributed by atoms with Crippen molar-refractivity contribution >= 4 is 28.6 Å². The van der Waals surface area contributed by atoms with Crippen molar-refractivity contribution in [1.82, 2.24) is 9.88 Å². The van der Waals surface area contributed by atoms with Crippen LogP contribution in [0.25, 0.3) is 22.6 Å². The quantitative estimate of drug-likeness (QED) is 0.646. The molecule has 1 saturated heterocycles. The molecule has 0 spiro atoms. The molecule has 134 valence electrons. The Morgan fingerprint density at radius 2 is 2.04 bits per heavy atom. The molecule has 2 aromatic carbocycles. The van der Waals surface area contributed by atoms with E-state index in [-0.39, 0.29) is 5.91 Å². The number of hydrogen-bond donors (Lipinski definition) is 0. The number of benzene rings is 2. The number of amides is 1. The first-order valence-electron chi connectivity index (χ1n) is 9.05. The minimum absolute atomic E-state index is 0.210. The number of nitrogens with zero attached hydrogens (tertiary/aromatic N) is 2. The van der Waals surface area contributed by atoms with Gasteiger partial charge in [0.05, 0.1) is 6.42 Å². The fraction of sp³-hybridized carbons (Fsp3) is 0.333. The minimum atomic E-state index is 0.210. The molecule has 4 nitrogen and oxygen atoms in total. The molecule has 0 unspecified atom stereocenters. The SMILES string of the molecule is C[C@H]1CCCCN1C(=O)Cc1ccc(-c2nc3cc(Cl)ccc3o2)cc1. The molecule has 0 aliphatic carbocycles. The van der Waals surface area contributed by atoms with Crippen molar-refractivity contribution in [2.45, 2.75) is 38.6 Å². The Kier molecular flexibility index (Phi) is 4.68. The Morgan fingerprint density at radius 3 is 2.81 bits per heavy atom. The molecule has 0 radical (unpaired) electrons. The first kappa shape index (κ1) is 17.1. The summed E-state index contributed by atoms with van der Waals surface area (Å²) in [4.78, 5) is 19.1. The number of rotatable bonds is 3. The molecule has 1 aromatic heterocycles. The third kappa shape index (κ3) is 3.47. The van der Waals surface area contributed by atoms with Crippen LogP contribution in [-0.2, 0) is 11.2 Å². The standard InChI is InChI=1S/C21H21ClN2O2/c1-14-4-2-3-11-24(14)20(25)12-15-5-7-16(8-6-15)21-23-18-13-17(22)9-10-19(18)26-21/h5-10,13-14H,2-4,11-12H2,1H3/t14-/m0/s1. The van der Waals surface area contributed by atoms with Crippen LogP contribution in [0.4, 0.5) is 0 Å². The van der Waals surface area contributed by atoms with Crippen LogP contribution in [0.3, 0.4) is 0 Å². The number of carbonyl (C=O) groups is 1. The number of oxazole rings is 1. The number of carbonyl (C=O) groups excluding carboxylic acids is 1. The summed E-state index contributed by atoms with van der Waals surface area (Å²) in [5, 5.41) is 0.637. The van der Waals surface area contributed by atoms with Crippen LogP contribution in [0.1, 0.15) is 31.7 Å². The Balaban J connectivity index is 1.49. The van der Waals surface area contributed by atoms with Gasteiger partial charge in [0, 0.05) is 23.2 Å². The molecular formula is C21H21ClN2O2. The summed E-state index contributed by atoms with van der Waals surface area (Å²) >= 11 is 6.00. The second-order valence-electron chi connectivity index (χ2n) is 6.94. The molecule has 1 aliphatic rings. The third-order valence-corrected chi connectivity index (χ3v) is 5.26. The van der Waals surface area contributed by atoms with E-state index in [9.17, 15) is 4.79 Å². The van der Waals surface area contributed by atoms with Crippen molar-refractivity contribution in [3.8, 4) is 11.5 Å². The van der Waals surface area contributed by atoms with Gasteiger partial charge in [0.1, 0.15) is 5.52 Å². The van der Waals surface area contributed by atoms with Crippen molar-refractivity contribution in [2.75, 3.05) is 6.54 Å². The molecule has 5 heteroatoms. The van der Waals surface area contributed by atoms with Gasteiger partial charge in [-0.2, -0.15) is 0 Å². The lowest BCUT2D eigenvalue weighted by atomic mass is 10.0. The minimum Gasteiger partial charge on any atom is -0.436 e. The smallest absolute Gasteiger partial charge is 0.227 e. The van der Waals surface area contributed by atoms with Crippen molar-refractivity contribution in [3.05, 3.63) is 53.1 Å². The predicted molar refractivity (Wildman–Crippen MR) is 103 cm³/mol. The Hall–Kier alpha value is -2.33. The second-order valence-corrected chi connectivity index (χ2v) is 7.37. The Labute approximate surface area is 157 Å². The molecule has 0 N–H and O–H groups in total. The largest absolute Gasteiger partial charge is 0.436 e. The number of fused-ring (bicyclic) bond motifs is 1. The molecule has 1 amide bonds. The lowest BCUT2D eigenvalue weighted by Gasteiger charge is -2.33. The van der Waals surface area contributed by atoms with Gasteiger partial charge in [-0.1, -0.05) is 23.7 Å². The zero-order valence-corrected chi connectivity index (χ0v) is 15.5. The van der Waals surface area contributed by atoms with E-state index in [1.165, 1.54) is 6.42 Å². The molecule has 3 aromatic rings. The topological polar surface area (TPSA) is 46.3 Å². The van der Waals surface area contributed by atoms with Crippen LogP contribution in [0.2, 0.25) is 5.02 Å². The maximum absolute atomic E-state index is 12.6. The molecule has 1 fully saturated rings. The summed E-state index contributed by atoms with van der Waals surface area (Å²) in [6.45, 7) is 3.02. The average molecular weight is 369 g/mol. The summed E-state index contributed by atoms with van der Waals surface area (Å²) in [7, 11) is 0. The summed E-state index contributed by atoms with van der Waals surface area (Å²) in [6.07, 6.45) is 3.87.